The van der Waals surface area contributed by atoms with E-state index in [-0.39, 0.29) is 0 Å². The molecule has 0 amide bonds. The van der Waals surface area contributed by atoms with E-state index in [1.165, 1.54) is 5.56 Å². The predicted octanol–water partition coefficient (Wildman–Crippen LogP) is 2.45. The van der Waals surface area contributed by atoms with Gasteiger partial charge in [0, 0.05) is 18.5 Å². The fraction of sp³-hybridized carbons (Fsp3) is 0.375. The highest BCUT2D eigenvalue weighted by molar-refractivity contribution is 5.93. The third-order valence-electron chi connectivity index (χ3n) is 3.76. The molecule has 2 heterocycles. The SMILES string of the molecule is CCc1cccc2cc(C=O)c(N3CCOCC3)nc12. The summed E-state index contributed by atoms with van der Waals surface area (Å²) in [7, 11) is 0. The first-order valence-electron chi connectivity index (χ1n) is 7.04. The van der Waals surface area contributed by atoms with Crippen LogP contribution < -0.4 is 4.90 Å². The molecule has 20 heavy (non-hydrogen) atoms. The molecule has 104 valence electrons. The zero-order valence-corrected chi connectivity index (χ0v) is 11.6. The average Bonchev–Trinajstić information content (AvgIpc) is 2.53. The summed E-state index contributed by atoms with van der Waals surface area (Å²) in [6.07, 6.45) is 1.84. The van der Waals surface area contributed by atoms with Crippen molar-refractivity contribution in [2.45, 2.75) is 13.3 Å². The number of pyridine rings is 1. The van der Waals surface area contributed by atoms with Crippen LogP contribution in [0.4, 0.5) is 5.82 Å². The molecular weight excluding hydrogens is 252 g/mol. The second kappa shape index (κ2) is 5.59. The molecular formula is C16H18N2O2. The second-order valence-electron chi connectivity index (χ2n) is 4.96. The number of hydrogen-bond donors (Lipinski definition) is 0. The summed E-state index contributed by atoms with van der Waals surface area (Å²) in [5.41, 5.74) is 2.88. The van der Waals surface area contributed by atoms with Gasteiger partial charge in [-0.05, 0) is 18.1 Å². The highest BCUT2D eigenvalue weighted by Gasteiger charge is 2.17. The summed E-state index contributed by atoms with van der Waals surface area (Å²) < 4.78 is 5.37. The number of morpholine rings is 1. The van der Waals surface area contributed by atoms with Crippen molar-refractivity contribution in [1.29, 1.82) is 0 Å². The number of nitrogens with zero attached hydrogens (tertiary/aromatic N) is 2. The Labute approximate surface area is 118 Å². The molecule has 0 radical (unpaired) electrons. The lowest BCUT2D eigenvalue weighted by Crippen LogP contribution is -2.37. The van der Waals surface area contributed by atoms with Crippen molar-refractivity contribution in [3.05, 3.63) is 35.4 Å². The van der Waals surface area contributed by atoms with Crippen LogP contribution in [0.3, 0.4) is 0 Å². The van der Waals surface area contributed by atoms with Crippen LogP contribution >= 0.6 is 0 Å². The Hall–Kier alpha value is -1.94. The van der Waals surface area contributed by atoms with Crippen molar-refractivity contribution in [2.75, 3.05) is 31.2 Å². The minimum Gasteiger partial charge on any atom is -0.378 e. The van der Waals surface area contributed by atoms with Crippen molar-refractivity contribution < 1.29 is 9.53 Å². The Morgan fingerprint density at radius 1 is 1.35 bits per heavy atom. The zero-order chi connectivity index (χ0) is 13.9. The molecule has 1 aromatic carbocycles. The van der Waals surface area contributed by atoms with E-state index in [4.69, 9.17) is 9.72 Å². The van der Waals surface area contributed by atoms with Gasteiger partial charge in [0.05, 0.1) is 24.3 Å². The molecule has 0 unspecified atom stereocenters. The maximum Gasteiger partial charge on any atom is 0.153 e. The van der Waals surface area contributed by atoms with E-state index < -0.39 is 0 Å². The molecule has 0 N–H and O–H groups in total. The number of ether oxygens (including phenoxy) is 1. The summed E-state index contributed by atoms with van der Waals surface area (Å²) in [6.45, 7) is 5.07. The van der Waals surface area contributed by atoms with Gasteiger partial charge in [0.1, 0.15) is 5.82 Å². The molecule has 4 heteroatoms. The van der Waals surface area contributed by atoms with Crippen molar-refractivity contribution >= 4 is 23.0 Å². The van der Waals surface area contributed by atoms with Crippen LogP contribution in [-0.2, 0) is 11.2 Å². The predicted molar refractivity (Wildman–Crippen MR) is 79.5 cm³/mol. The number of hydrogen-bond acceptors (Lipinski definition) is 4. The lowest BCUT2D eigenvalue weighted by Gasteiger charge is -2.29. The number of aldehydes is 1. The number of fused-ring (bicyclic) bond motifs is 1. The van der Waals surface area contributed by atoms with E-state index in [0.717, 1.165) is 42.5 Å². The van der Waals surface area contributed by atoms with Gasteiger partial charge in [-0.1, -0.05) is 25.1 Å². The van der Waals surface area contributed by atoms with Crippen LogP contribution in [0.25, 0.3) is 10.9 Å². The van der Waals surface area contributed by atoms with E-state index in [0.29, 0.717) is 18.8 Å². The molecule has 0 bridgehead atoms. The van der Waals surface area contributed by atoms with Gasteiger partial charge in [0.2, 0.25) is 0 Å². The molecule has 1 fully saturated rings. The van der Waals surface area contributed by atoms with Gasteiger partial charge in [-0.15, -0.1) is 0 Å². The lowest BCUT2D eigenvalue weighted by molar-refractivity contribution is 0.111. The Morgan fingerprint density at radius 3 is 2.85 bits per heavy atom. The maximum atomic E-state index is 11.4. The Bertz CT molecular complexity index is 634. The van der Waals surface area contributed by atoms with E-state index in [2.05, 4.69) is 17.9 Å². The summed E-state index contributed by atoms with van der Waals surface area (Å²) >= 11 is 0. The van der Waals surface area contributed by atoms with Crippen molar-refractivity contribution in [3.63, 3.8) is 0 Å². The van der Waals surface area contributed by atoms with Gasteiger partial charge in [-0.2, -0.15) is 0 Å². The van der Waals surface area contributed by atoms with Gasteiger partial charge in [0.15, 0.2) is 6.29 Å². The zero-order valence-electron chi connectivity index (χ0n) is 11.6. The molecule has 1 saturated heterocycles. The van der Waals surface area contributed by atoms with Crippen LogP contribution in [0.15, 0.2) is 24.3 Å². The van der Waals surface area contributed by atoms with Crippen molar-refractivity contribution in [3.8, 4) is 0 Å². The number of carbonyl (C=O) groups excluding carboxylic acids is 1. The first-order chi connectivity index (χ1) is 9.83. The van der Waals surface area contributed by atoms with Gasteiger partial charge < -0.3 is 9.64 Å². The van der Waals surface area contributed by atoms with E-state index >= 15 is 0 Å². The van der Waals surface area contributed by atoms with Crippen LogP contribution in [0, 0.1) is 0 Å². The first-order valence-corrected chi connectivity index (χ1v) is 7.04. The number of benzene rings is 1. The number of rotatable bonds is 3. The molecule has 3 rings (SSSR count). The highest BCUT2D eigenvalue weighted by atomic mass is 16.5. The first kappa shape index (κ1) is 13.1. The molecule has 0 atom stereocenters. The largest absolute Gasteiger partial charge is 0.378 e. The fourth-order valence-corrected chi connectivity index (χ4v) is 2.67. The minimum absolute atomic E-state index is 0.660. The van der Waals surface area contributed by atoms with Crippen LogP contribution in [0.1, 0.15) is 22.8 Å². The summed E-state index contributed by atoms with van der Waals surface area (Å²) in [5.74, 6) is 0.789. The monoisotopic (exact) mass is 270 g/mol. The quantitative estimate of drug-likeness (QED) is 0.803. The maximum absolute atomic E-state index is 11.4. The van der Waals surface area contributed by atoms with Gasteiger partial charge >= 0.3 is 0 Å². The topological polar surface area (TPSA) is 42.4 Å². The van der Waals surface area contributed by atoms with E-state index in [1.807, 2.05) is 18.2 Å². The number of aromatic nitrogens is 1. The molecule has 0 aliphatic carbocycles. The molecule has 0 spiro atoms. The third kappa shape index (κ3) is 2.27. The fourth-order valence-electron chi connectivity index (χ4n) is 2.67. The van der Waals surface area contributed by atoms with Gasteiger partial charge in [-0.25, -0.2) is 4.98 Å². The minimum atomic E-state index is 0.660. The van der Waals surface area contributed by atoms with Crippen LogP contribution in [0.5, 0.6) is 0 Å². The number of anilines is 1. The van der Waals surface area contributed by atoms with Gasteiger partial charge in [-0.3, -0.25) is 4.79 Å². The average molecular weight is 270 g/mol. The molecule has 1 aliphatic heterocycles. The number of para-hydroxylation sites is 1. The molecule has 1 aromatic heterocycles. The molecule has 1 aliphatic rings. The number of carbonyl (C=O) groups is 1. The van der Waals surface area contributed by atoms with E-state index in [1.54, 1.807) is 0 Å². The Kier molecular flexibility index (Phi) is 3.65. The lowest BCUT2D eigenvalue weighted by atomic mass is 10.1. The van der Waals surface area contributed by atoms with Crippen molar-refractivity contribution in [2.24, 2.45) is 0 Å². The summed E-state index contributed by atoms with van der Waals surface area (Å²) in [5, 5.41) is 1.03. The summed E-state index contributed by atoms with van der Waals surface area (Å²) in [6, 6.07) is 8.07. The smallest absolute Gasteiger partial charge is 0.153 e. The van der Waals surface area contributed by atoms with Crippen LogP contribution in [0.2, 0.25) is 0 Å². The third-order valence-corrected chi connectivity index (χ3v) is 3.76. The Morgan fingerprint density at radius 2 is 2.15 bits per heavy atom. The van der Waals surface area contributed by atoms with E-state index in [9.17, 15) is 4.79 Å². The number of aryl methyl sites for hydroxylation is 1. The molecule has 2 aromatic rings. The van der Waals surface area contributed by atoms with Crippen molar-refractivity contribution in [1.82, 2.24) is 4.98 Å². The standard InChI is InChI=1S/C16H18N2O2/c1-2-12-4-3-5-13-10-14(11-19)16(17-15(12)13)18-6-8-20-9-7-18/h3-5,10-11H,2,6-9H2,1H3. The van der Waals surface area contributed by atoms with Gasteiger partial charge in [0.25, 0.3) is 0 Å². The Balaban J connectivity index is 2.16. The summed E-state index contributed by atoms with van der Waals surface area (Å²) in [4.78, 5) is 18.3. The molecule has 0 saturated carbocycles. The highest BCUT2D eigenvalue weighted by Crippen LogP contribution is 2.25. The van der Waals surface area contributed by atoms with Crippen LogP contribution in [-0.4, -0.2) is 37.6 Å². The second-order valence-corrected chi connectivity index (χ2v) is 4.96. The molecule has 4 nitrogen and oxygen atoms in total. The normalized spacial score (nSPS) is 15.6.